The van der Waals surface area contributed by atoms with Crippen LogP contribution in [0.3, 0.4) is 0 Å². The number of alkyl halides is 2. The second kappa shape index (κ2) is 7.51. The zero-order valence-electron chi connectivity index (χ0n) is 11.8. The number of hydrogen-bond acceptors (Lipinski definition) is 4. The second-order valence-electron chi connectivity index (χ2n) is 4.25. The number of rotatable bonds is 7. The van der Waals surface area contributed by atoms with Gasteiger partial charge in [-0.3, -0.25) is 4.79 Å². The third-order valence-corrected chi connectivity index (χ3v) is 2.64. The van der Waals surface area contributed by atoms with Gasteiger partial charge in [0.1, 0.15) is 12.5 Å². The third kappa shape index (κ3) is 4.52. The van der Waals surface area contributed by atoms with Gasteiger partial charge in [0, 0.05) is 12.2 Å². The summed E-state index contributed by atoms with van der Waals surface area (Å²) in [6.07, 6.45) is 3.07. The molecule has 118 valence electrons. The van der Waals surface area contributed by atoms with Crippen LogP contribution in [-0.2, 0) is 11.5 Å². The number of hydrogen-bond donors (Lipinski definition) is 1. The lowest BCUT2D eigenvalue weighted by Gasteiger charge is -2.06. The molecule has 1 amide bonds. The van der Waals surface area contributed by atoms with Crippen molar-refractivity contribution in [3.8, 4) is 5.75 Å². The van der Waals surface area contributed by atoms with Gasteiger partial charge >= 0.3 is 6.61 Å². The zero-order valence-corrected chi connectivity index (χ0v) is 11.8. The third-order valence-electron chi connectivity index (χ3n) is 2.64. The van der Waals surface area contributed by atoms with Gasteiger partial charge in [0.05, 0.1) is 18.1 Å². The van der Waals surface area contributed by atoms with Crippen LogP contribution in [0.5, 0.6) is 5.75 Å². The Kier molecular flexibility index (Phi) is 5.42. The largest absolute Gasteiger partial charge is 0.435 e. The standard InChI is InChI=1S/C14H15F2N3O3/c1-2-21-9-19-8-11(7-17-19)18-13(20)10-4-3-5-12(6-10)22-14(15)16/h3-8,14H,2,9H2,1H3,(H,18,20). The molecule has 22 heavy (non-hydrogen) atoms. The van der Waals surface area contributed by atoms with Crippen LogP contribution in [0.4, 0.5) is 14.5 Å². The number of ether oxygens (including phenoxy) is 2. The number of halogens is 2. The monoisotopic (exact) mass is 311 g/mol. The molecule has 1 heterocycles. The molecule has 6 nitrogen and oxygen atoms in total. The highest BCUT2D eigenvalue weighted by Crippen LogP contribution is 2.17. The SMILES string of the molecule is CCOCn1cc(NC(=O)c2cccc(OC(F)F)c2)cn1. The van der Waals surface area contributed by atoms with Crippen molar-refractivity contribution < 1.29 is 23.0 Å². The van der Waals surface area contributed by atoms with E-state index in [1.165, 1.54) is 35.1 Å². The van der Waals surface area contributed by atoms with E-state index in [9.17, 15) is 13.6 Å². The summed E-state index contributed by atoms with van der Waals surface area (Å²) in [5, 5.41) is 6.63. The molecule has 0 radical (unpaired) electrons. The van der Waals surface area contributed by atoms with Crippen molar-refractivity contribution in [3.63, 3.8) is 0 Å². The van der Waals surface area contributed by atoms with Crippen molar-refractivity contribution >= 4 is 11.6 Å². The molecule has 2 rings (SSSR count). The fourth-order valence-corrected chi connectivity index (χ4v) is 1.70. The summed E-state index contributed by atoms with van der Waals surface area (Å²) in [5.41, 5.74) is 0.681. The molecule has 0 spiro atoms. The fourth-order valence-electron chi connectivity index (χ4n) is 1.70. The number of nitrogens with zero attached hydrogens (tertiary/aromatic N) is 2. The van der Waals surface area contributed by atoms with E-state index in [0.717, 1.165) is 0 Å². The molecule has 0 aliphatic carbocycles. The molecule has 1 N–H and O–H groups in total. The van der Waals surface area contributed by atoms with Crippen molar-refractivity contribution in [2.24, 2.45) is 0 Å². The summed E-state index contributed by atoms with van der Waals surface area (Å²) in [7, 11) is 0. The van der Waals surface area contributed by atoms with Crippen LogP contribution in [0, 0.1) is 0 Å². The van der Waals surface area contributed by atoms with Gasteiger partial charge in [-0.1, -0.05) is 6.07 Å². The Labute approximate surface area is 125 Å². The van der Waals surface area contributed by atoms with Crippen LogP contribution in [0.2, 0.25) is 0 Å². The molecule has 0 aliphatic heterocycles. The Morgan fingerprint density at radius 1 is 1.45 bits per heavy atom. The first-order valence-electron chi connectivity index (χ1n) is 6.55. The summed E-state index contributed by atoms with van der Waals surface area (Å²) in [6.45, 7) is -0.237. The Hall–Kier alpha value is -2.48. The molecule has 1 aromatic carbocycles. The van der Waals surface area contributed by atoms with Gasteiger partial charge < -0.3 is 14.8 Å². The molecule has 0 saturated heterocycles. The molecule has 1 aromatic heterocycles. The number of carbonyl (C=O) groups excluding carboxylic acids is 1. The minimum Gasteiger partial charge on any atom is -0.435 e. The van der Waals surface area contributed by atoms with Crippen molar-refractivity contribution in [1.82, 2.24) is 9.78 Å². The number of anilines is 1. The predicted molar refractivity (Wildman–Crippen MR) is 74.9 cm³/mol. The quantitative estimate of drug-likeness (QED) is 0.854. The minimum absolute atomic E-state index is 0.0744. The first kappa shape index (κ1) is 15.9. The molecule has 0 fully saturated rings. The van der Waals surface area contributed by atoms with Gasteiger partial charge in [-0.05, 0) is 25.1 Å². The van der Waals surface area contributed by atoms with Gasteiger partial charge in [0.25, 0.3) is 5.91 Å². The van der Waals surface area contributed by atoms with E-state index in [2.05, 4.69) is 15.2 Å². The van der Waals surface area contributed by atoms with Crippen LogP contribution in [0.25, 0.3) is 0 Å². The van der Waals surface area contributed by atoms with Crippen LogP contribution in [0.15, 0.2) is 36.7 Å². The van der Waals surface area contributed by atoms with E-state index >= 15 is 0 Å². The van der Waals surface area contributed by atoms with Gasteiger partial charge in [0.2, 0.25) is 0 Å². The molecular formula is C14H15F2N3O3. The summed E-state index contributed by atoms with van der Waals surface area (Å²) in [6, 6.07) is 5.55. The lowest BCUT2D eigenvalue weighted by atomic mass is 10.2. The Morgan fingerprint density at radius 3 is 3.00 bits per heavy atom. The van der Waals surface area contributed by atoms with Crippen LogP contribution >= 0.6 is 0 Å². The minimum atomic E-state index is -2.94. The highest BCUT2D eigenvalue weighted by molar-refractivity contribution is 6.04. The summed E-state index contributed by atoms with van der Waals surface area (Å²) in [4.78, 5) is 12.1. The number of nitrogens with one attached hydrogen (secondary N) is 1. The Morgan fingerprint density at radius 2 is 2.27 bits per heavy atom. The maximum atomic E-state index is 12.2. The summed E-state index contributed by atoms with van der Waals surface area (Å²) >= 11 is 0. The number of carbonyl (C=O) groups is 1. The van der Waals surface area contributed by atoms with Crippen molar-refractivity contribution in [3.05, 3.63) is 42.2 Å². The Bertz CT molecular complexity index is 631. The highest BCUT2D eigenvalue weighted by atomic mass is 19.3. The average Bonchev–Trinajstić information content (AvgIpc) is 2.92. The van der Waals surface area contributed by atoms with Crippen molar-refractivity contribution in [2.75, 3.05) is 11.9 Å². The second-order valence-corrected chi connectivity index (χ2v) is 4.25. The maximum absolute atomic E-state index is 12.2. The summed E-state index contributed by atoms with van der Waals surface area (Å²) < 4.78 is 35.3. The van der Waals surface area contributed by atoms with Crippen LogP contribution in [-0.4, -0.2) is 28.9 Å². The molecule has 2 aromatic rings. The van der Waals surface area contributed by atoms with Crippen LogP contribution < -0.4 is 10.1 Å². The maximum Gasteiger partial charge on any atom is 0.387 e. The average molecular weight is 311 g/mol. The predicted octanol–water partition coefficient (Wildman–Crippen LogP) is 2.73. The van der Waals surface area contributed by atoms with Crippen LogP contribution in [0.1, 0.15) is 17.3 Å². The first-order chi connectivity index (χ1) is 10.6. The lowest BCUT2D eigenvalue weighted by Crippen LogP contribution is -2.12. The molecule has 0 bridgehead atoms. The first-order valence-corrected chi connectivity index (χ1v) is 6.55. The van der Waals surface area contributed by atoms with Gasteiger partial charge in [0.15, 0.2) is 0 Å². The number of benzene rings is 1. The molecule has 0 saturated carbocycles. The van der Waals surface area contributed by atoms with Gasteiger partial charge in [-0.25, -0.2) is 4.68 Å². The fraction of sp³-hybridized carbons (Fsp3) is 0.286. The van der Waals surface area contributed by atoms with Gasteiger partial charge in [-0.2, -0.15) is 13.9 Å². The van der Waals surface area contributed by atoms with Gasteiger partial charge in [-0.15, -0.1) is 0 Å². The van der Waals surface area contributed by atoms with E-state index in [1.54, 1.807) is 6.20 Å². The van der Waals surface area contributed by atoms with E-state index in [4.69, 9.17) is 4.74 Å². The molecule has 8 heteroatoms. The van der Waals surface area contributed by atoms with Crippen molar-refractivity contribution in [2.45, 2.75) is 20.3 Å². The van der Waals surface area contributed by atoms with E-state index < -0.39 is 12.5 Å². The van der Waals surface area contributed by atoms with Crippen molar-refractivity contribution in [1.29, 1.82) is 0 Å². The lowest BCUT2D eigenvalue weighted by molar-refractivity contribution is -0.0498. The summed E-state index contributed by atoms with van der Waals surface area (Å²) in [5.74, 6) is -0.523. The Balaban J connectivity index is 2.01. The molecule has 0 atom stereocenters. The molecular weight excluding hydrogens is 296 g/mol. The normalized spacial score (nSPS) is 10.7. The molecule has 0 aliphatic rings. The van der Waals surface area contributed by atoms with E-state index in [-0.39, 0.29) is 18.0 Å². The zero-order chi connectivity index (χ0) is 15.9. The van der Waals surface area contributed by atoms with E-state index in [0.29, 0.717) is 12.3 Å². The molecule has 0 unspecified atom stereocenters. The number of amides is 1. The van der Waals surface area contributed by atoms with E-state index in [1.807, 2.05) is 6.92 Å². The highest BCUT2D eigenvalue weighted by Gasteiger charge is 2.10. The number of aromatic nitrogens is 2. The smallest absolute Gasteiger partial charge is 0.387 e. The topological polar surface area (TPSA) is 65.4 Å².